The fraction of sp³-hybridized carbons (Fsp3) is 0.560. The molecule has 13 nitrogen and oxygen atoms in total. The summed E-state index contributed by atoms with van der Waals surface area (Å²) in [6.07, 6.45) is -3.03. The topological polar surface area (TPSA) is 189 Å². The highest BCUT2D eigenvalue weighted by Gasteiger charge is 2.54. The summed E-state index contributed by atoms with van der Waals surface area (Å²) in [5.74, 6) is 0.136. The van der Waals surface area contributed by atoms with Crippen molar-refractivity contribution in [3.63, 3.8) is 0 Å². The first-order valence-corrected chi connectivity index (χ1v) is 14.7. The Kier molecular flexibility index (Phi) is 12.1. The van der Waals surface area contributed by atoms with E-state index in [9.17, 15) is 34.3 Å². The monoisotopic (exact) mass is 603 g/mol. The number of aliphatic hydroxyl groups excluding tert-OH is 2. The van der Waals surface area contributed by atoms with Crippen LogP contribution in [-0.4, -0.2) is 73.4 Å². The summed E-state index contributed by atoms with van der Waals surface area (Å²) < 4.78 is 31.3. The van der Waals surface area contributed by atoms with Gasteiger partial charge in [-0.15, -0.1) is 0 Å². The molecule has 2 aromatic rings. The molecule has 1 aromatic heterocycles. The maximum Gasteiger partial charge on any atom is 0.405 e. The van der Waals surface area contributed by atoms with E-state index in [0.29, 0.717) is 0 Å². The van der Waals surface area contributed by atoms with Gasteiger partial charge >= 0.3 is 13.4 Å². The van der Waals surface area contributed by atoms with Gasteiger partial charge in [-0.2, -0.15) is 0 Å². The first-order chi connectivity index (χ1) is 18.3. The van der Waals surface area contributed by atoms with Gasteiger partial charge in [0.2, 0.25) is 0 Å². The van der Waals surface area contributed by atoms with E-state index in [1.165, 1.54) is 6.92 Å². The third-order valence-corrected chi connectivity index (χ3v) is 8.85. The number of H-pyrrole nitrogens is 1. The van der Waals surface area contributed by atoms with Crippen molar-refractivity contribution in [2.75, 3.05) is 25.6 Å². The lowest BCUT2D eigenvalue weighted by atomic mass is 9.96. The van der Waals surface area contributed by atoms with Crippen LogP contribution in [0.5, 0.6) is 0 Å². The molecule has 5 atom stereocenters. The van der Waals surface area contributed by atoms with Crippen molar-refractivity contribution < 1.29 is 38.5 Å². The molecule has 1 aliphatic rings. The number of carbonyl (C=O) groups is 1. The number of aromatic nitrogens is 2. The summed E-state index contributed by atoms with van der Waals surface area (Å²) in [6.45, 7) is 3.63. The average Bonchev–Trinajstić information content (AvgIpc) is 3.13. The quantitative estimate of drug-likeness (QED) is 0.164. The van der Waals surface area contributed by atoms with Gasteiger partial charge in [0.15, 0.2) is 11.3 Å². The van der Waals surface area contributed by atoms with E-state index >= 15 is 0 Å². The fourth-order valence-corrected chi connectivity index (χ4v) is 5.86. The van der Waals surface area contributed by atoms with E-state index < -0.39 is 55.1 Å². The van der Waals surface area contributed by atoms with Gasteiger partial charge in [-0.25, -0.2) is 14.4 Å². The van der Waals surface area contributed by atoms with E-state index in [1.54, 1.807) is 38.1 Å². The van der Waals surface area contributed by atoms with E-state index in [4.69, 9.17) is 13.8 Å². The first kappa shape index (κ1) is 34.1. The van der Waals surface area contributed by atoms with Crippen LogP contribution in [0.25, 0.3) is 0 Å². The number of carbonyl (C=O) groups excluding carboxylic acids is 1. The Hall–Kier alpha value is -2.13. The van der Waals surface area contributed by atoms with E-state index in [2.05, 4.69) is 10.1 Å². The third kappa shape index (κ3) is 8.44. The van der Waals surface area contributed by atoms with Crippen LogP contribution in [-0.2, 0) is 29.7 Å². The Labute approximate surface area is 236 Å². The molecule has 0 amide bonds. The zero-order chi connectivity index (χ0) is 28.8. The normalized spacial score (nSPS) is 24.3. The van der Waals surface area contributed by atoms with Crippen molar-refractivity contribution in [3.05, 3.63) is 69.0 Å². The second-order valence-corrected chi connectivity index (χ2v) is 12.7. The lowest BCUT2D eigenvalue weighted by molar-refractivity contribution is -0.119. The zero-order valence-corrected chi connectivity index (χ0v) is 23.5. The molecular weight excluding hydrogens is 565 g/mol. The first-order valence-electron chi connectivity index (χ1n) is 12.1. The van der Waals surface area contributed by atoms with Crippen molar-refractivity contribution in [2.45, 2.75) is 58.8 Å². The Morgan fingerprint density at radius 3 is 2.55 bits per heavy atom. The molecule has 1 unspecified atom stereocenters. The highest BCUT2D eigenvalue weighted by molar-refractivity contribution is 8.13. The highest BCUT2D eigenvalue weighted by Crippen LogP contribution is 2.46. The van der Waals surface area contributed by atoms with Crippen LogP contribution in [0.4, 0.5) is 0 Å². The molecule has 40 heavy (non-hydrogen) atoms. The summed E-state index contributed by atoms with van der Waals surface area (Å²) in [4.78, 5) is 37.9. The predicted octanol–water partition coefficient (Wildman–Crippen LogP) is 1.39. The molecule has 5 N–H and O–H groups in total. The van der Waals surface area contributed by atoms with Crippen LogP contribution < -0.4 is 16.3 Å². The van der Waals surface area contributed by atoms with Crippen molar-refractivity contribution in [3.8, 4) is 0 Å². The summed E-state index contributed by atoms with van der Waals surface area (Å²) in [7, 11) is -4.03. The lowest BCUT2D eigenvalue weighted by Gasteiger charge is -2.27. The van der Waals surface area contributed by atoms with Crippen molar-refractivity contribution in [1.82, 2.24) is 14.6 Å². The minimum atomic E-state index is -4.03. The molecule has 0 aliphatic carbocycles. The maximum atomic E-state index is 13.6. The standard InChI is InChI=1S/C24H34N3O10PS.CH4/c1-23(2,15-28)21(31)39-12-11-35-38(34,25-13-16-7-5-4-6-8-16)36-14-17-19(30)24(3,33)20(37-17)27-10-9-18(29)26-22(27)32;/h4-10,17,19-20,28,30,33H,11-15H2,1-3H3,(H,25,34)(H,26,29,32);1H4/t17-,19-,20-,24-,38?;/m1./s1. The number of nitrogens with zero attached hydrogens (tertiary/aromatic N) is 1. The third-order valence-electron chi connectivity index (χ3n) is 6.11. The van der Waals surface area contributed by atoms with Gasteiger partial charge in [0.25, 0.3) is 5.56 Å². The SMILES string of the molecule is C.CC(C)(CO)C(=O)SCCOP(=O)(NCc1ccccc1)OC[C@H]1O[C@@H](n2ccc(=O)[nH]c2=O)[C@](C)(O)[C@@H]1O. The summed E-state index contributed by atoms with van der Waals surface area (Å²) in [5, 5.41) is 33.4. The molecule has 3 rings (SSSR count). The van der Waals surface area contributed by atoms with Gasteiger partial charge in [0.1, 0.15) is 17.8 Å². The van der Waals surface area contributed by atoms with Crippen LogP contribution >= 0.6 is 19.5 Å². The summed E-state index contributed by atoms with van der Waals surface area (Å²) >= 11 is 0.923. The summed E-state index contributed by atoms with van der Waals surface area (Å²) in [6, 6.07) is 10.1. The minimum absolute atomic E-state index is 0. The van der Waals surface area contributed by atoms with Gasteiger partial charge in [-0.3, -0.25) is 28.2 Å². The van der Waals surface area contributed by atoms with Crippen molar-refractivity contribution >= 4 is 24.6 Å². The molecule has 0 bridgehead atoms. The van der Waals surface area contributed by atoms with Crippen LogP contribution in [0, 0.1) is 5.41 Å². The number of thioether (sulfide) groups is 1. The fourth-order valence-electron chi connectivity index (χ4n) is 3.63. The second kappa shape index (κ2) is 14.2. The molecule has 224 valence electrons. The Morgan fingerprint density at radius 1 is 1.25 bits per heavy atom. The van der Waals surface area contributed by atoms with Gasteiger partial charge in [-0.05, 0) is 26.3 Å². The van der Waals surface area contributed by atoms with Crippen LogP contribution in [0.15, 0.2) is 52.2 Å². The lowest BCUT2D eigenvalue weighted by Crippen LogP contribution is -2.46. The van der Waals surface area contributed by atoms with Crippen LogP contribution in [0.2, 0.25) is 0 Å². The Balaban J connectivity index is 0.00000560. The predicted molar refractivity (Wildman–Crippen MR) is 150 cm³/mol. The Morgan fingerprint density at radius 2 is 1.93 bits per heavy atom. The molecule has 1 aliphatic heterocycles. The van der Waals surface area contributed by atoms with Crippen molar-refractivity contribution in [1.29, 1.82) is 0 Å². The van der Waals surface area contributed by atoms with Gasteiger partial charge < -0.3 is 20.1 Å². The number of hydrogen-bond donors (Lipinski definition) is 5. The number of benzene rings is 1. The second-order valence-electron chi connectivity index (χ2n) is 9.84. The molecule has 0 saturated carbocycles. The van der Waals surface area contributed by atoms with Crippen molar-refractivity contribution in [2.24, 2.45) is 5.41 Å². The largest absolute Gasteiger partial charge is 0.405 e. The van der Waals surface area contributed by atoms with E-state index in [0.717, 1.165) is 34.2 Å². The molecule has 1 fully saturated rings. The smallest absolute Gasteiger partial charge is 0.395 e. The number of ether oxygens (including phenoxy) is 1. The van der Waals surface area contributed by atoms with Gasteiger partial charge in [0, 0.05) is 24.6 Å². The molecule has 0 radical (unpaired) electrons. The highest BCUT2D eigenvalue weighted by atomic mass is 32.2. The van der Waals surface area contributed by atoms with Gasteiger partial charge in [-0.1, -0.05) is 49.5 Å². The molecule has 2 heterocycles. The molecule has 15 heteroatoms. The van der Waals surface area contributed by atoms with E-state index in [-0.39, 0.29) is 38.1 Å². The number of hydrogen-bond acceptors (Lipinski definition) is 11. The van der Waals surface area contributed by atoms with Crippen LogP contribution in [0.3, 0.4) is 0 Å². The van der Waals surface area contributed by atoms with Gasteiger partial charge in [0.05, 0.1) is 25.2 Å². The molecular formula is C25H38N3O10PS. The van der Waals surface area contributed by atoms with E-state index in [1.807, 2.05) is 6.07 Å². The number of nitrogens with one attached hydrogen (secondary N) is 2. The number of aromatic amines is 1. The molecule has 0 spiro atoms. The Bertz CT molecular complexity index is 1280. The zero-order valence-electron chi connectivity index (χ0n) is 21.8. The molecule has 1 aromatic carbocycles. The number of aliphatic hydroxyl groups is 3. The minimum Gasteiger partial charge on any atom is -0.395 e. The maximum absolute atomic E-state index is 13.6. The summed E-state index contributed by atoms with van der Waals surface area (Å²) in [5.41, 5.74) is -3.60. The molecule has 1 saturated heterocycles. The van der Waals surface area contributed by atoms with Crippen LogP contribution in [0.1, 0.15) is 40.0 Å². The number of rotatable bonds is 13. The average molecular weight is 604 g/mol.